The molecule has 4 nitrogen and oxygen atoms in total. The lowest BCUT2D eigenvalue weighted by Gasteiger charge is -2.25. The summed E-state index contributed by atoms with van der Waals surface area (Å²) >= 11 is 0. The van der Waals surface area contributed by atoms with Crippen molar-refractivity contribution in [2.75, 3.05) is 25.1 Å². The van der Waals surface area contributed by atoms with Gasteiger partial charge in [0.15, 0.2) is 0 Å². The van der Waals surface area contributed by atoms with Gasteiger partial charge in [-0.15, -0.1) is 0 Å². The average molecular weight is 261 g/mol. The number of hydrogen-bond donors (Lipinski definition) is 2. The van der Waals surface area contributed by atoms with Crippen molar-refractivity contribution in [2.24, 2.45) is 11.7 Å². The second-order valence-electron chi connectivity index (χ2n) is 5.32. The SMILES string of the molecule is COc1ccc(C(=N)N)c(N2CCCC(C)CC2)c1. The van der Waals surface area contributed by atoms with E-state index in [9.17, 15) is 0 Å². The topological polar surface area (TPSA) is 62.3 Å². The Morgan fingerprint density at radius 1 is 1.37 bits per heavy atom. The molecule has 1 aliphatic rings. The Bertz CT molecular complexity index is 459. The number of methoxy groups -OCH3 is 1. The van der Waals surface area contributed by atoms with Gasteiger partial charge in [-0.1, -0.05) is 6.92 Å². The maximum atomic E-state index is 7.73. The maximum Gasteiger partial charge on any atom is 0.124 e. The molecule has 1 fully saturated rings. The van der Waals surface area contributed by atoms with Crippen LogP contribution in [0.25, 0.3) is 0 Å². The van der Waals surface area contributed by atoms with Gasteiger partial charge in [0.05, 0.1) is 12.8 Å². The van der Waals surface area contributed by atoms with Crippen molar-refractivity contribution in [2.45, 2.75) is 26.2 Å². The lowest BCUT2D eigenvalue weighted by atomic mass is 10.0. The van der Waals surface area contributed by atoms with Gasteiger partial charge >= 0.3 is 0 Å². The van der Waals surface area contributed by atoms with Crippen molar-refractivity contribution in [1.82, 2.24) is 0 Å². The van der Waals surface area contributed by atoms with Crippen LogP contribution in [0, 0.1) is 11.3 Å². The molecule has 0 radical (unpaired) electrons. The van der Waals surface area contributed by atoms with Crippen LogP contribution in [0.5, 0.6) is 5.75 Å². The Morgan fingerprint density at radius 3 is 2.84 bits per heavy atom. The fraction of sp³-hybridized carbons (Fsp3) is 0.533. The van der Waals surface area contributed by atoms with Crippen LogP contribution in [0.3, 0.4) is 0 Å². The van der Waals surface area contributed by atoms with Gasteiger partial charge in [0.1, 0.15) is 11.6 Å². The fourth-order valence-electron chi connectivity index (χ4n) is 2.63. The number of nitrogens with zero attached hydrogens (tertiary/aromatic N) is 1. The molecule has 1 saturated heterocycles. The molecule has 0 amide bonds. The van der Waals surface area contributed by atoms with Crippen molar-refractivity contribution >= 4 is 11.5 Å². The van der Waals surface area contributed by atoms with Crippen LogP contribution in [-0.2, 0) is 0 Å². The predicted octanol–water partition coefficient (Wildman–Crippen LogP) is 2.61. The van der Waals surface area contributed by atoms with Crippen LogP contribution in [-0.4, -0.2) is 26.0 Å². The summed E-state index contributed by atoms with van der Waals surface area (Å²) in [7, 11) is 1.66. The Labute approximate surface area is 115 Å². The van der Waals surface area contributed by atoms with Crippen molar-refractivity contribution in [1.29, 1.82) is 5.41 Å². The molecular formula is C15H23N3O. The lowest BCUT2D eigenvalue weighted by Crippen LogP contribution is -2.27. The minimum atomic E-state index is 0.120. The zero-order chi connectivity index (χ0) is 13.8. The van der Waals surface area contributed by atoms with Crippen LogP contribution in [0.2, 0.25) is 0 Å². The molecule has 1 aromatic rings. The molecule has 2 rings (SSSR count). The van der Waals surface area contributed by atoms with Gasteiger partial charge in [-0.2, -0.15) is 0 Å². The van der Waals surface area contributed by atoms with E-state index < -0.39 is 0 Å². The quantitative estimate of drug-likeness (QED) is 0.649. The standard InChI is InChI=1S/C15H23N3O/c1-11-4-3-8-18(9-7-11)14-10-12(19-2)5-6-13(14)15(16)17/h5-6,10-11H,3-4,7-9H2,1-2H3,(H3,16,17). The summed E-state index contributed by atoms with van der Waals surface area (Å²) in [6, 6.07) is 5.73. The molecule has 1 atom stereocenters. The summed E-state index contributed by atoms with van der Waals surface area (Å²) in [6.07, 6.45) is 3.65. The normalized spacial score (nSPS) is 19.9. The summed E-state index contributed by atoms with van der Waals surface area (Å²) in [4.78, 5) is 2.34. The maximum absolute atomic E-state index is 7.73. The summed E-state index contributed by atoms with van der Waals surface area (Å²) in [6.45, 7) is 4.35. The van der Waals surface area contributed by atoms with Crippen LogP contribution < -0.4 is 15.4 Å². The number of benzene rings is 1. The van der Waals surface area contributed by atoms with Gasteiger partial charge < -0.3 is 15.4 Å². The third-order valence-electron chi connectivity index (χ3n) is 3.85. The second kappa shape index (κ2) is 5.95. The van der Waals surface area contributed by atoms with Crippen LogP contribution in [0.4, 0.5) is 5.69 Å². The monoisotopic (exact) mass is 261 g/mol. The highest BCUT2D eigenvalue weighted by Gasteiger charge is 2.18. The van der Waals surface area contributed by atoms with Crippen LogP contribution in [0.1, 0.15) is 31.7 Å². The number of nitrogens with two attached hydrogens (primary N) is 1. The number of nitrogens with one attached hydrogen (secondary N) is 1. The first-order valence-electron chi connectivity index (χ1n) is 6.89. The molecule has 4 heteroatoms. The highest BCUT2D eigenvalue weighted by molar-refractivity contribution is 6.00. The second-order valence-corrected chi connectivity index (χ2v) is 5.32. The Kier molecular flexibility index (Phi) is 4.30. The van der Waals surface area contributed by atoms with E-state index in [2.05, 4.69) is 11.8 Å². The summed E-state index contributed by atoms with van der Waals surface area (Å²) in [5.41, 5.74) is 7.52. The predicted molar refractivity (Wildman–Crippen MR) is 79.2 cm³/mol. The number of anilines is 1. The van der Waals surface area contributed by atoms with Gasteiger partial charge in [0.2, 0.25) is 0 Å². The van der Waals surface area contributed by atoms with E-state index in [0.29, 0.717) is 0 Å². The molecule has 0 saturated carbocycles. The van der Waals surface area contributed by atoms with Gasteiger partial charge in [0.25, 0.3) is 0 Å². The summed E-state index contributed by atoms with van der Waals surface area (Å²) < 4.78 is 5.29. The number of rotatable bonds is 3. The molecule has 0 aliphatic carbocycles. The molecule has 3 N–H and O–H groups in total. The number of ether oxygens (including phenoxy) is 1. The van der Waals surface area contributed by atoms with E-state index in [0.717, 1.165) is 36.0 Å². The van der Waals surface area contributed by atoms with Gasteiger partial charge in [-0.25, -0.2) is 0 Å². The molecule has 1 unspecified atom stereocenters. The van der Waals surface area contributed by atoms with Crippen molar-refractivity contribution < 1.29 is 4.74 Å². The van der Waals surface area contributed by atoms with Crippen molar-refractivity contribution in [3.05, 3.63) is 23.8 Å². The highest BCUT2D eigenvalue weighted by Crippen LogP contribution is 2.29. The average Bonchev–Trinajstić information content (AvgIpc) is 2.62. The Hall–Kier alpha value is -1.71. The number of nitrogen functional groups attached to an aromatic ring is 1. The molecule has 1 heterocycles. The minimum absolute atomic E-state index is 0.120. The lowest BCUT2D eigenvalue weighted by molar-refractivity contribution is 0.414. The van der Waals surface area contributed by atoms with E-state index in [1.807, 2.05) is 18.2 Å². The number of amidine groups is 1. The molecule has 104 valence electrons. The first-order valence-corrected chi connectivity index (χ1v) is 6.89. The zero-order valence-electron chi connectivity index (χ0n) is 11.8. The third kappa shape index (κ3) is 3.19. The van der Waals surface area contributed by atoms with E-state index in [-0.39, 0.29) is 5.84 Å². The molecular weight excluding hydrogens is 238 g/mol. The Balaban J connectivity index is 2.32. The molecule has 0 spiro atoms. The highest BCUT2D eigenvalue weighted by atomic mass is 16.5. The van der Waals surface area contributed by atoms with Gasteiger partial charge in [-0.05, 0) is 37.3 Å². The molecule has 19 heavy (non-hydrogen) atoms. The van der Waals surface area contributed by atoms with Crippen LogP contribution in [0.15, 0.2) is 18.2 Å². The smallest absolute Gasteiger partial charge is 0.124 e. The van der Waals surface area contributed by atoms with E-state index in [1.165, 1.54) is 19.3 Å². The van der Waals surface area contributed by atoms with Crippen LogP contribution >= 0.6 is 0 Å². The number of hydrogen-bond acceptors (Lipinski definition) is 3. The third-order valence-corrected chi connectivity index (χ3v) is 3.85. The summed E-state index contributed by atoms with van der Waals surface area (Å²) in [5.74, 6) is 1.71. The summed E-state index contributed by atoms with van der Waals surface area (Å²) in [5, 5.41) is 7.73. The van der Waals surface area contributed by atoms with Crippen molar-refractivity contribution in [3.63, 3.8) is 0 Å². The fourth-order valence-corrected chi connectivity index (χ4v) is 2.63. The molecule has 1 aliphatic heterocycles. The van der Waals surface area contributed by atoms with E-state index >= 15 is 0 Å². The Morgan fingerprint density at radius 2 is 2.16 bits per heavy atom. The minimum Gasteiger partial charge on any atom is -0.497 e. The van der Waals surface area contributed by atoms with Gasteiger partial charge in [0, 0.05) is 24.7 Å². The largest absolute Gasteiger partial charge is 0.497 e. The first-order chi connectivity index (χ1) is 9.11. The van der Waals surface area contributed by atoms with E-state index in [4.69, 9.17) is 15.9 Å². The molecule has 0 bridgehead atoms. The molecule has 1 aromatic carbocycles. The zero-order valence-corrected chi connectivity index (χ0v) is 11.8. The van der Waals surface area contributed by atoms with Gasteiger partial charge in [-0.3, -0.25) is 5.41 Å². The first kappa shape index (κ1) is 13.7. The molecule has 0 aromatic heterocycles. The van der Waals surface area contributed by atoms with E-state index in [1.54, 1.807) is 7.11 Å². The van der Waals surface area contributed by atoms with Crippen molar-refractivity contribution in [3.8, 4) is 5.75 Å².